The highest BCUT2D eigenvalue weighted by atomic mass is 19.3. The number of halogens is 6. The van der Waals surface area contributed by atoms with Gasteiger partial charge in [0.15, 0.2) is 13.3 Å². The number of rotatable bonds is 2. The summed E-state index contributed by atoms with van der Waals surface area (Å²) in [7, 11) is 0. The summed E-state index contributed by atoms with van der Waals surface area (Å²) in [6.07, 6.45) is -8.25. The molecular formula is C4H6F6O2. The van der Waals surface area contributed by atoms with Crippen LogP contribution in [0.5, 0.6) is 0 Å². The predicted octanol–water partition coefficient (Wildman–Crippen LogP) is 1.08. The van der Waals surface area contributed by atoms with Crippen LogP contribution in [0.1, 0.15) is 0 Å². The number of hydrogen-bond donors (Lipinski definition) is 2. The summed E-state index contributed by atoms with van der Waals surface area (Å²) in [6, 6.07) is 0. The minimum Gasteiger partial charge on any atom is -0.334 e. The van der Waals surface area contributed by atoms with Gasteiger partial charge in [0.05, 0.1) is 0 Å². The minimum atomic E-state index is -4.12. The number of aliphatic hydroxyl groups is 2. The third-order valence-corrected chi connectivity index (χ3v) is 0.322. The summed E-state index contributed by atoms with van der Waals surface area (Å²) in [5.41, 5.74) is 0. The summed E-state index contributed by atoms with van der Waals surface area (Å²) < 4.78 is 63.5. The Labute approximate surface area is 63.4 Å². The second-order valence-electron chi connectivity index (χ2n) is 1.60. The monoisotopic (exact) mass is 200 g/mol. The van der Waals surface area contributed by atoms with Gasteiger partial charge in [-0.05, 0) is 0 Å². The van der Waals surface area contributed by atoms with Crippen LogP contribution in [0.15, 0.2) is 0 Å². The molecule has 0 aliphatic heterocycles. The van der Waals surface area contributed by atoms with Gasteiger partial charge in [0, 0.05) is 0 Å². The van der Waals surface area contributed by atoms with Crippen molar-refractivity contribution >= 4 is 0 Å². The van der Waals surface area contributed by atoms with E-state index in [1.807, 2.05) is 0 Å². The molecule has 0 saturated heterocycles. The molecule has 8 heteroatoms. The molecule has 0 amide bonds. The van der Waals surface area contributed by atoms with E-state index in [0.717, 1.165) is 0 Å². The predicted molar refractivity (Wildman–Crippen MR) is 26.3 cm³/mol. The third kappa shape index (κ3) is 22.7. The third-order valence-electron chi connectivity index (χ3n) is 0.322. The Bertz CT molecular complexity index is 91.1. The lowest BCUT2D eigenvalue weighted by atomic mass is 10.7. The second-order valence-corrected chi connectivity index (χ2v) is 1.60. The molecule has 0 aromatic rings. The highest BCUT2D eigenvalue weighted by Gasteiger charge is 2.23. The topological polar surface area (TPSA) is 40.5 Å². The average Bonchev–Trinajstić information content (AvgIpc) is 1.86. The average molecular weight is 200 g/mol. The van der Waals surface area contributed by atoms with Gasteiger partial charge in [-0.15, -0.1) is 0 Å². The van der Waals surface area contributed by atoms with E-state index in [4.69, 9.17) is 10.2 Å². The van der Waals surface area contributed by atoms with Crippen LogP contribution in [0.4, 0.5) is 26.3 Å². The molecule has 76 valence electrons. The van der Waals surface area contributed by atoms with Gasteiger partial charge in [-0.3, -0.25) is 0 Å². The standard InChI is InChI=1S/2C2H3F3O/c2*3-1-2(4,5)6/h2*6H,1H2. The Morgan fingerprint density at radius 3 is 0.833 bits per heavy atom. The zero-order chi connectivity index (χ0) is 10.4. The van der Waals surface area contributed by atoms with Gasteiger partial charge in [-0.25, -0.2) is 8.78 Å². The highest BCUT2D eigenvalue weighted by Crippen LogP contribution is 2.06. The maximum atomic E-state index is 10.6. The molecule has 0 atom stereocenters. The largest absolute Gasteiger partial charge is 0.381 e. The molecule has 0 bridgehead atoms. The van der Waals surface area contributed by atoms with Crippen molar-refractivity contribution < 1.29 is 36.6 Å². The van der Waals surface area contributed by atoms with Crippen molar-refractivity contribution in [3.63, 3.8) is 0 Å². The lowest BCUT2D eigenvalue weighted by molar-refractivity contribution is -0.208. The Kier molecular flexibility index (Phi) is 6.09. The quantitative estimate of drug-likeness (QED) is 0.655. The zero-order valence-electron chi connectivity index (χ0n) is 5.58. The van der Waals surface area contributed by atoms with Crippen LogP contribution in [0, 0.1) is 0 Å². The Hall–Kier alpha value is -0.500. The first-order valence-corrected chi connectivity index (χ1v) is 2.44. The fraction of sp³-hybridized carbons (Fsp3) is 1.00. The van der Waals surface area contributed by atoms with Crippen LogP contribution in [-0.4, -0.2) is 35.8 Å². The Morgan fingerprint density at radius 1 is 0.750 bits per heavy atom. The lowest BCUT2D eigenvalue weighted by Gasteiger charge is -1.97. The molecule has 0 rings (SSSR count). The molecule has 0 unspecified atom stereocenters. The zero-order valence-corrected chi connectivity index (χ0v) is 5.58. The summed E-state index contributed by atoms with van der Waals surface area (Å²) in [5, 5.41) is 14.2. The first-order chi connectivity index (χ1) is 5.12. The molecule has 0 radical (unpaired) electrons. The van der Waals surface area contributed by atoms with Crippen molar-refractivity contribution in [2.75, 3.05) is 13.3 Å². The second kappa shape index (κ2) is 5.20. The normalized spacial score (nSPS) is 12.0. The molecule has 0 spiro atoms. The van der Waals surface area contributed by atoms with Gasteiger partial charge in [0.1, 0.15) is 0 Å². The molecule has 0 heterocycles. The summed E-state index contributed by atoms with van der Waals surface area (Å²) in [6.45, 7) is -4.01. The van der Waals surface area contributed by atoms with Crippen LogP contribution in [-0.2, 0) is 0 Å². The van der Waals surface area contributed by atoms with Gasteiger partial charge in [-0.1, -0.05) is 0 Å². The molecule has 2 nitrogen and oxygen atoms in total. The fourth-order valence-corrected chi connectivity index (χ4v) is 0. The van der Waals surface area contributed by atoms with E-state index in [1.54, 1.807) is 0 Å². The van der Waals surface area contributed by atoms with E-state index in [9.17, 15) is 26.3 Å². The Morgan fingerprint density at radius 2 is 0.833 bits per heavy atom. The van der Waals surface area contributed by atoms with Gasteiger partial charge < -0.3 is 10.2 Å². The first kappa shape index (κ1) is 14.0. The maximum absolute atomic E-state index is 10.6. The number of hydrogen-bond acceptors (Lipinski definition) is 2. The van der Waals surface area contributed by atoms with E-state index < -0.39 is 25.6 Å². The smallest absolute Gasteiger partial charge is 0.334 e. The van der Waals surface area contributed by atoms with Gasteiger partial charge in [0.2, 0.25) is 0 Å². The van der Waals surface area contributed by atoms with E-state index in [2.05, 4.69) is 0 Å². The van der Waals surface area contributed by atoms with Crippen molar-refractivity contribution in [3.05, 3.63) is 0 Å². The van der Waals surface area contributed by atoms with Gasteiger partial charge in [-0.2, -0.15) is 17.6 Å². The van der Waals surface area contributed by atoms with Crippen LogP contribution in [0.25, 0.3) is 0 Å². The maximum Gasteiger partial charge on any atom is 0.381 e. The first-order valence-electron chi connectivity index (χ1n) is 2.44. The van der Waals surface area contributed by atoms with Crippen LogP contribution < -0.4 is 0 Å². The van der Waals surface area contributed by atoms with Crippen LogP contribution in [0.3, 0.4) is 0 Å². The molecule has 0 fully saturated rings. The van der Waals surface area contributed by atoms with Gasteiger partial charge >= 0.3 is 12.2 Å². The molecule has 0 aliphatic rings. The Balaban J connectivity index is 0. The molecule has 12 heavy (non-hydrogen) atoms. The van der Waals surface area contributed by atoms with E-state index in [-0.39, 0.29) is 0 Å². The fourth-order valence-electron chi connectivity index (χ4n) is 0. The number of alkyl halides is 6. The molecule has 2 N–H and O–H groups in total. The molecule has 0 aliphatic carbocycles. The van der Waals surface area contributed by atoms with Crippen LogP contribution in [0.2, 0.25) is 0 Å². The summed E-state index contributed by atoms with van der Waals surface area (Å²) in [5.74, 6) is 0. The van der Waals surface area contributed by atoms with Crippen molar-refractivity contribution in [2.45, 2.75) is 12.2 Å². The summed E-state index contributed by atoms with van der Waals surface area (Å²) >= 11 is 0. The molecule has 0 aromatic carbocycles. The highest BCUT2D eigenvalue weighted by molar-refractivity contribution is 4.39. The SMILES string of the molecule is OC(F)(F)CF.OC(F)(F)CF. The van der Waals surface area contributed by atoms with Gasteiger partial charge in [0.25, 0.3) is 0 Å². The molecule has 0 saturated carbocycles. The van der Waals surface area contributed by atoms with E-state index in [0.29, 0.717) is 0 Å². The van der Waals surface area contributed by atoms with E-state index in [1.165, 1.54) is 0 Å². The van der Waals surface area contributed by atoms with Crippen molar-refractivity contribution in [3.8, 4) is 0 Å². The van der Waals surface area contributed by atoms with E-state index >= 15 is 0 Å². The van der Waals surface area contributed by atoms with Crippen molar-refractivity contribution in [2.24, 2.45) is 0 Å². The molecular weight excluding hydrogens is 194 g/mol. The molecule has 0 aromatic heterocycles. The van der Waals surface area contributed by atoms with Crippen molar-refractivity contribution in [1.29, 1.82) is 0 Å². The summed E-state index contributed by atoms with van der Waals surface area (Å²) in [4.78, 5) is 0. The lowest BCUT2D eigenvalue weighted by Crippen LogP contribution is -2.16. The minimum absolute atomic E-state index is 2.01. The van der Waals surface area contributed by atoms with Crippen molar-refractivity contribution in [1.82, 2.24) is 0 Å². The van der Waals surface area contributed by atoms with Crippen LogP contribution >= 0.6 is 0 Å².